The van der Waals surface area contributed by atoms with Gasteiger partial charge in [-0.1, -0.05) is 43.2 Å². The molecule has 7 heteroatoms. The molecule has 0 bridgehead atoms. The Bertz CT molecular complexity index is 1040. The van der Waals surface area contributed by atoms with Crippen LogP contribution >= 0.6 is 0 Å². The highest BCUT2D eigenvalue weighted by molar-refractivity contribution is 5.95. The maximum atomic E-state index is 13.5. The van der Waals surface area contributed by atoms with Gasteiger partial charge in [-0.3, -0.25) is 14.5 Å². The predicted molar refractivity (Wildman–Crippen MR) is 131 cm³/mol. The van der Waals surface area contributed by atoms with Gasteiger partial charge in [-0.2, -0.15) is 0 Å². The normalized spacial score (nSPS) is 19.5. The van der Waals surface area contributed by atoms with E-state index >= 15 is 0 Å². The summed E-state index contributed by atoms with van der Waals surface area (Å²) in [4.78, 5) is 30.3. The molecule has 2 fully saturated rings. The minimum absolute atomic E-state index is 0.0192. The summed E-state index contributed by atoms with van der Waals surface area (Å²) >= 11 is 0. The van der Waals surface area contributed by atoms with Crippen LogP contribution in [0.4, 0.5) is 5.69 Å². The molecule has 1 N–H and O–H groups in total. The van der Waals surface area contributed by atoms with Gasteiger partial charge in [-0.05, 0) is 42.5 Å². The van der Waals surface area contributed by atoms with E-state index in [2.05, 4.69) is 10.2 Å². The van der Waals surface area contributed by atoms with E-state index < -0.39 is 0 Å². The van der Waals surface area contributed by atoms with Crippen molar-refractivity contribution in [2.24, 2.45) is 5.92 Å². The lowest BCUT2D eigenvalue weighted by molar-refractivity contribution is -0.129. The number of ether oxygens (including phenoxy) is 2. The van der Waals surface area contributed by atoms with Crippen molar-refractivity contribution in [3.8, 4) is 11.5 Å². The van der Waals surface area contributed by atoms with Crippen molar-refractivity contribution in [2.75, 3.05) is 38.3 Å². The third-order valence-electron chi connectivity index (χ3n) is 6.99. The monoisotopic (exact) mass is 461 g/mol. The number of nitrogens with zero attached hydrogens (tertiary/aromatic N) is 2. The highest BCUT2D eigenvalue weighted by Crippen LogP contribution is 2.35. The molecule has 1 saturated heterocycles. The van der Waals surface area contributed by atoms with Crippen molar-refractivity contribution in [3.05, 3.63) is 60.2 Å². The number of anilines is 1. The van der Waals surface area contributed by atoms with Crippen molar-refractivity contribution < 1.29 is 19.1 Å². The van der Waals surface area contributed by atoms with Crippen LogP contribution in [0.5, 0.6) is 11.5 Å². The van der Waals surface area contributed by atoms with Crippen LogP contribution in [0.1, 0.15) is 31.2 Å². The molecule has 1 aliphatic carbocycles. The summed E-state index contributed by atoms with van der Waals surface area (Å²) in [5.74, 6) is 1.74. The van der Waals surface area contributed by atoms with Crippen LogP contribution in [0.25, 0.3) is 6.08 Å². The minimum Gasteiger partial charge on any atom is -0.454 e. The average molecular weight is 462 g/mol. The minimum atomic E-state index is -0.190. The summed E-state index contributed by atoms with van der Waals surface area (Å²) in [5.41, 5.74) is 1.73. The lowest BCUT2D eigenvalue weighted by Gasteiger charge is -2.40. The molecular weight excluding hydrogens is 430 g/mol. The van der Waals surface area contributed by atoms with Gasteiger partial charge in [0.2, 0.25) is 18.6 Å². The van der Waals surface area contributed by atoms with Crippen LogP contribution in [-0.4, -0.2) is 60.6 Å². The van der Waals surface area contributed by atoms with Crippen molar-refractivity contribution in [1.29, 1.82) is 0 Å². The summed E-state index contributed by atoms with van der Waals surface area (Å²) in [6.45, 7) is 2.85. The molecule has 34 heavy (non-hydrogen) atoms. The number of carbonyl (C=O) groups excluding carboxylic acids is 2. The van der Waals surface area contributed by atoms with Gasteiger partial charge < -0.3 is 19.7 Å². The first-order chi connectivity index (χ1) is 16.7. The third kappa shape index (κ3) is 5.09. The first-order valence-corrected chi connectivity index (χ1v) is 12.1. The number of hydrogen-bond acceptors (Lipinski definition) is 5. The number of rotatable bonds is 6. The predicted octanol–water partition coefficient (Wildman–Crippen LogP) is 3.77. The number of hydrogen-bond donors (Lipinski definition) is 1. The number of piperazine rings is 1. The van der Waals surface area contributed by atoms with Crippen molar-refractivity contribution in [2.45, 2.75) is 31.7 Å². The fraction of sp³-hybridized carbons (Fsp3) is 0.407. The van der Waals surface area contributed by atoms with E-state index in [0.29, 0.717) is 43.6 Å². The third-order valence-corrected chi connectivity index (χ3v) is 6.99. The highest BCUT2D eigenvalue weighted by Gasteiger charge is 2.37. The first kappa shape index (κ1) is 22.5. The second-order valence-corrected chi connectivity index (χ2v) is 9.15. The average Bonchev–Trinajstić information content (AvgIpc) is 3.56. The zero-order valence-corrected chi connectivity index (χ0v) is 19.3. The Hall–Kier alpha value is -3.32. The molecule has 3 aliphatic rings. The molecule has 2 heterocycles. The summed E-state index contributed by atoms with van der Waals surface area (Å²) < 4.78 is 10.8. The Morgan fingerprint density at radius 3 is 2.44 bits per heavy atom. The van der Waals surface area contributed by atoms with Crippen molar-refractivity contribution in [3.63, 3.8) is 0 Å². The molecule has 2 aromatic rings. The van der Waals surface area contributed by atoms with Crippen LogP contribution < -0.4 is 14.8 Å². The van der Waals surface area contributed by atoms with Crippen molar-refractivity contribution >= 4 is 23.6 Å². The van der Waals surface area contributed by atoms with Crippen LogP contribution in [0.15, 0.2) is 54.6 Å². The molecule has 2 aromatic carbocycles. The van der Waals surface area contributed by atoms with E-state index in [-0.39, 0.29) is 24.6 Å². The lowest BCUT2D eigenvalue weighted by Crippen LogP contribution is -2.56. The first-order valence-electron chi connectivity index (χ1n) is 12.1. The maximum absolute atomic E-state index is 13.5. The second kappa shape index (κ2) is 10.3. The summed E-state index contributed by atoms with van der Waals surface area (Å²) in [7, 11) is 0. The van der Waals surface area contributed by atoms with Gasteiger partial charge in [0.25, 0.3) is 0 Å². The zero-order chi connectivity index (χ0) is 23.3. The molecule has 0 spiro atoms. The van der Waals surface area contributed by atoms with Gasteiger partial charge in [0, 0.05) is 44.0 Å². The lowest BCUT2D eigenvalue weighted by atomic mass is 9.95. The molecule has 2 aliphatic heterocycles. The Balaban J connectivity index is 1.22. The van der Waals surface area contributed by atoms with Crippen molar-refractivity contribution in [1.82, 2.24) is 9.80 Å². The number of fused-ring (bicyclic) bond motifs is 1. The van der Waals surface area contributed by atoms with E-state index in [1.165, 1.54) is 12.8 Å². The van der Waals surface area contributed by atoms with Gasteiger partial charge >= 0.3 is 0 Å². The molecule has 1 atom stereocenters. The quantitative estimate of drug-likeness (QED) is 0.663. The van der Waals surface area contributed by atoms with Crippen LogP contribution in [-0.2, 0) is 9.59 Å². The fourth-order valence-corrected chi connectivity index (χ4v) is 5.20. The second-order valence-electron chi connectivity index (χ2n) is 9.15. The van der Waals surface area contributed by atoms with E-state index in [0.717, 1.165) is 24.1 Å². The van der Waals surface area contributed by atoms with E-state index in [9.17, 15) is 9.59 Å². The molecule has 178 valence electrons. The van der Waals surface area contributed by atoms with E-state index in [4.69, 9.17) is 9.47 Å². The molecule has 0 radical (unpaired) electrons. The molecule has 2 amide bonds. The largest absolute Gasteiger partial charge is 0.454 e. The maximum Gasteiger partial charge on any atom is 0.246 e. The van der Waals surface area contributed by atoms with Gasteiger partial charge in [0.15, 0.2) is 11.5 Å². The Kier molecular flexibility index (Phi) is 6.81. The van der Waals surface area contributed by atoms with Crippen LogP contribution in [0, 0.1) is 5.92 Å². The topological polar surface area (TPSA) is 71.1 Å². The van der Waals surface area contributed by atoms with Gasteiger partial charge in [-0.25, -0.2) is 0 Å². The summed E-state index contributed by atoms with van der Waals surface area (Å²) in [5, 5.41) is 3.11. The SMILES string of the molecule is O=C(Nc1ccc2c(c1)OCO2)C(C1CCCC1)N1CCN(C(=O)/C=C/c2ccccc2)CC1. The Morgan fingerprint density at radius 1 is 0.941 bits per heavy atom. The smallest absolute Gasteiger partial charge is 0.246 e. The molecule has 1 saturated carbocycles. The zero-order valence-electron chi connectivity index (χ0n) is 19.3. The summed E-state index contributed by atoms with van der Waals surface area (Å²) in [6.07, 6.45) is 7.97. The molecule has 5 rings (SSSR count). The van der Waals surface area contributed by atoms with E-state index in [1.54, 1.807) is 6.08 Å². The molecule has 7 nitrogen and oxygen atoms in total. The highest BCUT2D eigenvalue weighted by atomic mass is 16.7. The number of benzene rings is 2. The molecule has 0 aromatic heterocycles. The van der Waals surface area contributed by atoms with Crippen LogP contribution in [0.2, 0.25) is 0 Å². The Labute approximate surface area is 200 Å². The van der Waals surface area contributed by atoms with Gasteiger partial charge in [-0.15, -0.1) is 0 Å². The van der Waals surface area contributed by atoms with Gasteiger partial charge in [0.05, 0.1) is 6.04 Å². The standard InChI is InChI=1S/C27H31N3O4/c31-25(13-10-20-6-2-1-3-7-20)29-14-16-30(17-15-29)26(21-8-4-5-9-21)27(32)28-22-11-12-23-24(18-22)34-19-33-23/h1-3,6-7,10-13,18,21,26H,4-5,8-9,14-17,19H2,(H,28,32)/b13-10+. The van der Waals surface area contributed by atoms with Crippen LogP contribution in [0.3, 0.4) is 0 Å². The molecule has 1 unspecified atom stereocenters. The fourth-order valence-electron chi connectivity index (χ4n) is 5.20. The summed E-state index contributed by atoms with van der Waals surface area (Å²) in [6, 6.07) is 15.2. The van der Waals surface area contributed by atoms with Gasteiger partial charge in [0.1, 0.15) is 0 Å². The molecular formula is C27H31N3O4. The number of nitrogens with one attached hydrogen (secondary N) is 1. The number of amides is 2. The van der Waals surface area contributed by atoms with E-state index in [1.807, 2.05) is 59.5 Å². The number of carbonyl (C=O) groups is 2. The Morgan fingerprint density at radius 2 is 1.68 bits per heavy atom.